The highest BCUT2D eigenvalue weighted by atomic mass is 19.4. The number of rotatable bonds is 6. The van der Waals surface area contributed by atoms with Crippen molar-refractivity contribution >= 4 is 23.4 Å². The van der Waals surface area contributed by atoms with Gasteiger partial charge in [-0.25, -0.2) is 9.78 Å². The van der Waals surface area contributed by atoms with Crippen LogP contribution in [-0.2, 0) is 7.05 Å². The molecule has 0 radical (unpaired) electrons. The molecule has 1 unspecified atom stereocenters. The number of carbonyl (C=O) groups excluding carboxylic acids is 2. The maximum Gasteiger partial charge on any atom is 0.412 e. The molecule has 0 aliphatic rings. The van der Waals surface area contributed by atoms with E-state index in [-0.39, 0.29) is 22.6 Å². The molecule has 3 aromatic heterocycles. The number of pyridine rings is 1. The zero-order valence-corrected chi connectivity index (χ0v) is 17.9. The molecule has 4 aromatic rings. The number of nitrogens with zero attached hydrogens (tertiary/aromatic N) is 4. The van der Waals surface area contributed by atoms with Crippen LogP contribution >= 0.6 is 0 Å². The van der Waals surface area contributed by atoms with E-state index in [4.69, 9.17) is 5.73 Å². The maximum atomic E-state index is 14.0. The van der Waals surface area contributed by atoms with E-state index in [0.717, 1.165) is 23.0 Å². The van der Waals surface area contributed by atoms with Gasteiger partial charge in [0.15, 0.2) is 11.7 Å². The fourth-order valence-corrected chi connectivity index (χ4v) is 3.69. The van der Waals surface area contributed by atoms with Crippen LogP contribution < -0.4 is 11.1 Å². The predicted octanol–water partition coefficient (Wildman–Crippen LogP) is 2.57. The quantitative estimate of drug-likeness (QED) is 0.382. The number of hydrogen-bond acceptors (Lipinski definition) is 5. The lowest BCUT2D eigenvalue weighted by molar-refractivity contribution is -0.155. The Morgan fingerprint density at radius 1 is 1.11 bits per heavy atom. The summed E-state index contributed by atoms with van der Waals surface area (Å²) in [7, 11) is 1.24. The van der Waals surface area contributed by atoms with Gasteiger partial charge in [-0.3, -0.25) is 18.7 Å². The van der Waals surface area contributed by atoms with Crippen molar-refractivity contribution in [2.45, 2.75) is 12.2 Å². The van der Waals surface area contributed by atoms with Crippen molar-refractivity contribution in [1.82, 2.24) is 24.5 Å². The number of carboxylic acids is 1. The van der Waals surface area contributed by atoms with E-state index in [1.54, 1.807) is 30.3 Å². The van der Waals surface area contributed by atoms with Crippen molar-refractivity contribution in [3.05, 3.63) is 77.4 Å². The Kier molecular flexibility index (Phi) is 5.76. The Bertz CT molecular complexity index is 1460. The number of aryl methyl sites for hydroxylation is 1. The van der Waals surface area contributed by atoms with Crippen LogP contribution in [-0.4, -0.2) is 48.2 Å². The molecule has 0 aliphatic carbocycles. The lowest BCUT2D eigenvalue weighted by atomic mass is 10.1. The summed E-state index contributed by atoms with van der Waals surface area (Å²) < 4.78 is 44.0. The molecule has 1 atom stereocenters. The number of aromatic carboxylic acids is 1. The van der Waals surface area contributed by atoms with Crippen LogP contribution in [0.5, 0.6) is 0 Å². The number of halogens is 3. The molecule has 4 N–H and O–H groups in total. The summed E-state index contributed by atoms with van der Waals surface area (Å²) in [5.41, 5.74) is 4.71. The zero-order valence-electron chi connectivity index (χ0n) is 17.9. The number of imidazole rings is 1. The molecular formula is C22H17F3N6O4. The number of fused-ring (bicyclic) bond motifs is 1. The predicted molar refractivity (Wildman–Crippen MR) is 116 cm³/mol. The van der Waals surface area contributed by atoms with Crippen LogP contribution in [0.25, 0.3) is 16.9 Å². The first-order chi connectivity index (χ1) is 16.5. The molecule has 13 heteroatoms. The first-order valence-corrected chi connectivity index (χ1v) is 9.99. The molecule has 0 spiro atoms. The molecule has 1 aromatic carbocycles. The minimum atomic E-state index is -4.94. The summed E-state index contributed by atoms with van der Waals surface area (Å²) >= 11 is 0. The second-order valence-electron chi connectivity index (χ2n) is 7.51. The average molecular weight is 486 g/mol. The average Bonchev–Trinajstić information content (AvgIpc) is 3.37. The monoisotopic (exact) mass is 486 g/mol. The summed E-state index contributed by atoms with van der Waals surface area (Å²) in [4.78, 5) is 40.4. The molecule has 0 saturated heterocycles. The molecule has 180 valence electrons. The van der Waals surface area contributed by atoms with E-state index in [1.807, 2.05) is 5.32 Å². The fraction of sp³-hybridized carbons (Fsp3) is 0.136. The second-order valence-corrected chi connectivity index (χ2v) is 7.51. The lowest BCUT2D eigenvalue weighted by Crippen LogP contribution is -2.38. The number of amides is 2. The Morgan fingerprint density at radius 2 is 1.80 bits per heavy atom. The van der Waals surface area contributed by atoms with E-state index in [9.17, 15) is 32.7 Å². The first kappa shape index (κ1) is 23.5. The number of nitrogens with one attached hydrogen (secondary N) is 1. The molecule has 0 bridgehead atoms. The second kappa shape index (κ2) is 8.59. The molecule has 0 aliphatic heterocycles. The summed E-state index contributed by atoms with van der Waals surface area (Å²) in [5.74, 6) is -3.63. The summed E-state index contributed by atoms with van der Waals surface area (Å²) in [6.07, 6.45) is -2.88. The van der Waals surface area contributed by atoms with E-state index < -0.39 is 41.3 Å². The van der Waals surface area contributed by atoms with Gasteiger partial charge in [0.1, 0.15) is 17.0 Å². The highest BCUT2D eigenvalue weighted by Gasteiger charge is 2.43. The number of carboxylic acid groups (broad SMARTS) is 1. The third kappa shape index (κ3) is 4.30. The van der Waals surface area contributed by atoms with Crippen molar-refractivity contribution in [1.29, 1.82) is 0 Å². The molecule has 35 heavy (non-hydrogen) atoms. The Balaban J connectivity index is 1.78. The van der Waals surface area contributed by atoms with Gasteiger partial charge in [-0.15, -0.1) is 0 Å². The van der Waals surface area contributed by atoms with Gasteiger partial charge in [-0.05, 0) is 17.7 Å². The van der Waals surface area contributed by atoms with Gasteiger partial charge in [-0.1, -0.05) is 30.3 Å². The molecule has 0 saturated carbocycles. The van der Waals surface area contributed by atoms with E-state index in [0.29, 0.717) is 5.56 Å². The number of benzene rings is 1. The summed E-state index contributed by atoms with van der Waals surface area (Å²) in [6, 6.07) is 8.12. The third-order valence-electron chi connectivity index (χ3n) is 5.25. The minimum absolute atomic E-state index is 0.00810. The number of alkyl halides is 3. The van der Waals surface area contributed by atoms with Crippen LogP contribution in [0.15, 0.2) is 54.9 Å². The Labute approximate surface area is 194 Å². The van der Waals surface area contributed by atoms with Crippen LogP contribution in [0.4, 0.5) is 13.2 Å². The van der Waals surface area contributed by atoms with Gasteiger partial charge >= 0.3 is 12.1 Å². The molecule has 0 fully saturated rings. The number of nitrogens with two attached hydrogens (primary N) is 1. The third-order valence-corrected chi connectivity index (χ3v) is 5.25. The van der Waals surface area contributed by atoms with E-state index in [2.05, 4.69) is 10.1 Å². The number of carbonyl (C=O) groups is 3. The Hall–Kier alpha value is -4.68. The van der Waals surface area contributed by atoms with E-state index >= 15 is 0 Å². The van der Waals surface area contributed by atoms with Gasteiger partial charge in [-0.2, -0.15) is 18.3 Å². The minimum Gasteiger partial charge on any atom is -0.477 e. The van der Waals surface area contributed by atoms with Crippen molar-refractivity contribution in [2.75, 3.05) is 0 Å². The van der Waals surface area contributed by atoms with Crippen molar-refractivity contribution < 1.29 is 32.7 Å². The van der Waals surface area contributed by atoms with Gasteiger partial charge in [0.05, 0.1) is 11.8 Å². The number of aromatic nitrogens is 4. The molecule has 10 nitrogen and oxygen atoms in total. The fourth-order valence-electron chi connectivity index (χ4n) is 3.69. The van der Waals surface area contributed by atoms with Gasteiger partial charge in [0, 0.05) is 18.8 Å². The van der Waals surface area contributed by atoms with Gasteiger partial charge in [0.2, 0.25) is 0 Å². The highest BCUT2D eigenvalue weighted by Crippen LogP contribution is 2.34. The number of hydrogen-bond donors (Lipinski definition) is 3. The molecule has 2 amide bonds. The number of primary amides is 1. The standard InChI is InChI=1S/C22H17F3N6O4/c1-30-16(21(34)35)13(10-27-30)20(33)29-18(22(23,24)25)12-7-8-31-14(9-12)28-15(17(31)19(26)32)11-5-3-2-4-6-11/h2-10,18H,1H3,(H2,26,32)(H,29,33)(H,34,35). The smallest absolute Gasteiger partial charge is 0.412 e. The lowest BCUT2D eigenvalue weighted by Gasteiger charge is -2.22. The first-order valence-electron chi connectivity index (χ1n) is 9.99. The molecule has 3 heterocycles. The highest BCUT2D eigenvalue weighted by molar-refractivity contribution is 6.04. The molecular weight excluding hydrogens is 469 g/mol. The normalized spacial score (nSPS) is 12.5. The van der Waals surface area contributed by atoms with Crippen LogP contribution in [0.1, 0.15) is 42.9 Å². The van der Waals surface area contributed by atoms with Crippen molar-refractivity contribution in [3.8, 4) is 11.3 Å². The van der Waals surface area contributed by atoms with Crippen LogP contribution in [0.3, 0.4) is 0 Å². The van der Waals surface area contributed by atoms with Crippen molar-refractivity contribution in [3.63, 3.8) is 0 Å². The summed E-state index contributed by atoms with van der Waals surface area (Å²) in [5, 5.41) is 14.7. The van der Waals surface area contributed by atoms with Crippen LogP contribution in [0.2, 0.25) is 0 Å². The van der Waals surface area contributed by atoms with Gasteiger partial charge in [0.25, 0.3) is 11.8 Å². The van der Waals surface area contributed by atoms with Crippen LogP contribution in [0, 0.1) is 0 Å². The zero-order chi connectivity index (χ0) is 25.5. The van der Waals surface area contributed by atoms with E-state index in [1.165, 1.54) is 17.6 Å². The maximum absolute atomic E-state index is 14.0. The molecule has 4 rings (SSSR count). The largest absolute Gasteiger partial charge is 0.477 e. The topological polar surface area (TPSA) is 145 Å². The SMILES string of the molecule is Cn1ncc(C(=O)NC(c2ccn3c(C(N)=O)c(-c4ccccc4)nc3c2)C(F)(F)F)c1C(=O)O. The van der Waals surface area contributed by atoms with Gasteiger partial charge < -0.3 is 16.2 Å². The summed E-state index contributed by atoms with van der Waals surface area (Å²) in [6.45, 7) is 0. The van der Waals surface area contributed by atoms with Crippen molar-refractivity contribution in [2.24, 2.45) is 12.8 Å². The Morgan fingerprint density at radius 3 is 2.40 bits per heavy atom.